The lowest BCUT2D eigenvalue weighted by Crippen LogP contribution is -1.86. The molecule has 0 aliphatic heterocycles. The van der Waals surface area contributed by atoms with Crippen molar-refractivity contribution in [3.05, 3.63) is 36.5 Å². The Morgan fingerprint density at radius 2 is 1.23 bits per heavy atom. The SMILES string of the molecule is CC/C=C\C/C=C\C/C=C\CCCCCCCCCC(=O)Cl. The summed E-state index contributed by atoms with van der Waals surface area (Å²) in [5, 5.41) is -0.195. The molecule has 0 aromatic rings. The number of unbranched alkanes of at least 4 members (excludes halogenated alkanes) is 7. The quantitative estimate of drug-likeness (QED) is 0.178. The van der Waals surface area contributed by atoms with E-state index in [9.17, 15) is 4.79 Å². The van der Waals surface area contributed by atoms with Gasteiger partial charge in [-0.3, -0.25) is 4.79 Å². The zero-order valence-corrected chi connectivity index (χ0v) is 15.0. The molecule has 0 aromatic carbocycles. The van der Waals surface area contributed by atoms with Crippen LogP contribution in [0, 0.1) is 0 Å². The van der Waals surface area contributed by atoms with Gasteiger partial charge in [0.1, 0.15) is 0 Å². The van der Waals surface area contributed by atoms with Crippen LogP contribution in [0.5, 0.6) is 0 Å². The van der Waals surface area contributed by atoms with E-state index in [0.29, 0.717) is 6.42 Å². The van der Waals surface area contributed by atoms with Crippen LogP contribution in [0.3, 0.4) is 0 Å². The van der Waals surface area contributed by atoms with Crippen LogP contribution in [0.25, 0.3) is 0 Å². The molecule has 0 aliphatic rings. The third kappa shape index (κ3) is 19.2. The van der Waals surface area contributed by atoms with Gasteiger partial charge < -0.3 is 0 Å². The third-order valence-corrected chi connectivity index (χ3v) is 3.71. The van der Waals surface area contributed by atoms with Crippen molar-refractivity contribution in [2.45, 2.75) is 84.0 Å². The second-order valence-corrected chi connectivity index (χ2v) is 6.08. The molecule has 0 fully saturated rings. The van der Waals surface area contributed by atoms with Crippen LogP contribution >= 0.6 is 11.6 Å². The van der Waals surface area contributed by atoms with Crippen LogP contribution in [0.15, 0.2) is 36.5 Å². The highest BCUT2D eigenvalue weighted by atomic mass is 35.5. The maximum Gasteiger partial charge on any atom is 0.221 e. The summed E-state index contributed by atoms with van der Waals surface area (Å²) in [6, 6.07) is 0. The number of allylic oxidation sites excluding steroid dienone is 6. The highest BCUT2D eigenvalue weighted by molar-refractivity contribution is 6.63. The maximum absolute atomic E-state index is 10.6. The molecule has 0 amide bonds. The number of carbonyl (C=O) groups is 1. The molecule has 0 saturated carbocycles. The Hall–Kier alpha value is -0.820. The van der Waals surface area contributed by atoms with Gasteiger partial charge in [-0.1, -0.05) is 75.5 Å². The molecule has 0 aliphatic carbocycles. The van der Waals surface area contributed by atoms with E-state index in [0.717, 1.165) is 32.1 Å². The fraction of sp³-hybridized carbons (Fsp3) is 0.650. The topological polar surface area (TPSA) is 17.1 Å². The summed E-state index contributed by atoms with van der Waals surface area (Å²) in [5.74, 6) is 0. The number of rotatable bonds is 15. The molecule has 0 bridgehead atoms. The van der Waals surface area contributed by atoms with Crippen molar-refractivity contribution in [2.75, 3.05) is 0 Å². The lowest BCUT2D eigenvalue weighted by molar-refractivity contribution is -0.111. The monoisotopic (exact) mass is 324 g/mol. The lowest BCUT2D eigenvalue weighted by atomic mass is 10.1. The van der Waals surface area contributed by atoms with Crippen molar-refractivity contribution >= 4 is 16.8 Å². The first-order valence-electron chi connectivity index (χ1n) is 8.90. The van der Waals surface area contributed by atoms with Crippen LogP contribution in [0.2, 0.25) is 0 Å². The molecular formula is C20H33ClO. The molecule has 1 nitrogen and oxygen atoms in total. The molecular weight excluding hydrogens is 292 g/mol. The standard InChI is InChI=1S/C20H33ClO/c1-2-3-4-5-6-7-8-9-10-11-12-13-14-15-16-17-18-19-20(21)22/h3-4,6-7,9-10H,2,5,8,11-19H2,1H3/b4-3-,7-6-,10-9-. The van der Waals surface area contributed by atoms with Gasteiger partial charge in [-0.25, -0.2) is 0 Å². The van der Waals surface area contributed by atoms with Crippen LogP contribution in [-0.4, -0.2) is 5.24 Å². The van der Waals surface area contributed by atoms with Gasteiger partial charge in [-0.2, -0.15) is 0 Å². The van der Waals surface area contributed by atoms with E-state index in [1.807, 2.05) is 0 Å². The predicted molar refractivity (Wildman–Crippen MR) is 99.4 cm³/mol. The molecule has 0 radical (unpaired) electrons. The first kappa shape index (κ1) is 21.2. The summed E-state index contributed by atoms with van der Waals surface area (Å²) < 4.78 is 0. The summed E-state index contributed by atoms with van der Waals surface area (Å²) in [6.07, 6.45) is 27.0. The van der Waals surface area contributed by atoms with E-state index in [4.69, 9.17) is 11.6 Å². The van der Waals surface area contributed by atoms with Crippen LogP contribution < -0.4 is 0 Å². The Bertz CT molecular complexity index is 329. The molecule has 0 unspecified atom stereocenters. The summed E-state index contributed by atoms with van der Waals surface area (Å²) >= 11 is 5.30. The minimum atomic E-state index is -0.195. The van der Waals surface area contributed by atoms with Crippen LogP contribution in [0.4, 0.5) is 0 Å². The molecule has 0 rings (SSSR count). The Balaban J connectivity index is 3.20. The molecule has 0 N–H and O–H groups in total. The Labute approximate surface area is 142 Å². The minimum absolute atomic E-state index is 0.195. The largest absolute Gasteiger partial charge is 0.281 e. The maximum atomic E-state index is 10.6. The molecule has 0 aromatic heterocycles. The van der Waals surface area contributed by atoms with Gasteiger partial charge in [-0.05, 0) is 50.1 Å². The average Bonchev–Trinajstić information content (AvgIpc) is 2.50. The van der Waals surface area contributed by atoms with E-state index in [1.165, 1.54) is 38.5 Å². The summed E-state index contributed by atoms with van der Waals surface area (Å²) in [7, 11) is 0. The first-order chi connectivity index (χ1) is 10.8. The van der Waals surface area contributed by atoms with Gasteiger partial charge in [0.25, 0.3) is 0 Å². The van der Waals surface area contributed by atoms with Gasteiger partial charge in [0.05, 0.1) is 0 Å². The second-order valence-electron chi connectivity index (χ2n) is 5.66. The van der Waals surface area contributed by atoms with E-state index in [-0.39, 0.29) is 5.24 Å². The number of hydrogen-bond donors (Lipinski definition) is 0. The number of hydrogen-bond acceptors (Lipinski definition) is 1. The summed E-state index contributed by atoms with van der Waals surface area (Å²) in [6.45, 7) is 2.16. The molecule has 0 saturated heterocycles. The van der Waals surface area contributed by atoms with Crippen molar-refractivity contribution in [3.8, 4) is 0 Å². The molecule has 2 heteroatoms. The Morgan fingerprint density at radius 1 is 0.727 bits per heavy atom. The van der Waals surface area contributed by atoms with Crippen LogP contribution in [0.1, 0.15) is 84.0 Å². The predicted octanol–water partition coefficient (Wildman–Crippen LogP) is 7.12. The molecule has 126 valence electrons. The smallest absolute Gasteiger partial charge is 0.221 e. The third-order valence-electron chi connectivity index (χ3n) is 3.52. The minimum Gasteiger partial charge on any atom is -0.281 e. The van der Waals surface area contributed by atoms with E-state index < -0.39 is 0 Å². The Kier molecular flexibility index (Phi) is 17.6. The van der Waals surface area contributed by atoms with Crippen molar-refractivity contribution < 1.29 is 4.79 Å². The van der Waals surface area contributed by atoms with Gasteiger partial charge in [0, 0.05) is 6.42 Å². The Morgan fingerprint density at radius 3 is 1.82 bits per heavy atom. The molecule has 22 heavy (non-hydrogen) atoms. The second kappa shape index (κ2) is 18.2. The van der Waals surface area contributed by atoms with Gasteiger partial charge in [0.15, 0.2) is 0 Å². The number of halogens is 1. The average molecular weight is 325 g/mol. The lowest BCUT2D eigenvalue weighted by Gasteiger charge is -2.00. The van der Waals surface area contributed by atoms with E-state index in [2.05, 4.69) is 43.4 Å². The fourth-order valence-corrected chi connectivity index (χ4v) is 2.37. The first-order valence-corrected chi connectivity index (χ1v) is 9.28. The summed E-state index contributed by atoms with van der Waals surface area (Å²) in [5.41, 5.74) is 0. The van der Waals surface area contributed by atoms with Crippen molar-refractivity contribution in [1.29, 1.82) is 0 Å². The zero-order chi connectivity index (χ0) is 16.3. The van der Waals surface area contributed by atoms with Gasteiger partial charge in [0.2, 0.25) is 5.24 Å². The molecule has 0 atom stereocenters. The van der Waals surface area contributed by atoms with E-state index in [1.54, 1.807) is 0 Å². The van der Waals surface area contributed by atoms with Crippen LogP contribution in [-0.2, 0) is 4.79 Å². The van der Waals surface area contributed by atoms with Crippen molar-refractivity contribution in [1.82, 2.24) is 0 Å². The number of carbonyl (C=O) groups excluding carboxylic acids is 1. The van der Waals surface area contributed by atoms with Crippen molar-refractivity contribution in [3.63, 3.8) is 0 Å². The van der Waals surface area contributed by atoms with Gasteiger partial charge in [-0.15, -0.1) is 0 Å². The van der Waals surface area contributed by atoms with E-state index >= 15 is 0 Å². The summed E-state index contributed by atoms with van der Waals surface area (Å²) in [4.78, 5) is 10.6. The fourth-order valence-electron chi connectivity index (χ4n) is 2.24. The highest BCUT2D eigenvalue weighted by Gasteiger charge is 1.95. The molecule has 0 heterocycles. The zero-order valence-electron chi connectivity index (χ0n) is 14.2. The van der Waals surface area contributed by atoms with Crippen molar-refractivity contribution in [2.24, 2.45) is 0 Å². The van der Waals surface area contributed by atoms with Gasteiger partial charge >= 0.3 is 0 Å². The molecule has 0 spiro atoms. The normalized spacial score (nSPS) is 12.1. The highest BCUT2D eigenvalue weighted by Crippen LogP contribution is 2.10.